The van der Waals surface area contributed by atoms with E-state index < -0.39 is 10.1 Å². The highest BCUT2D eigenvalue weighted by atomic mass is 32.2. The predicted molar refractivity (Wildman–Crippen MR) is 71.1 cm³/mol. The summed E-state index contributed by atoms with van der Waals surface area (Å²) in [6.45, 7) is 0. The first-order valence-electron chi connectivity index (χ1n) is 5.84. The van der Waals surface area contributed by atoms with Gasteiger partial charge < -0.3 is 0 Å². The van der Waals surface area contributed by atoms with E-state index in [1.54, 1.807) is 0 Å². The van der Waals surface area contributed by atoms with Crippen molar-refractivity contribution in [2.24, 2.45) is 0 Å². The molecule has 0 spiro atoms. The molecule has 1 aromatic carbocycles. The van der Waals surface area contributed by atoms with Gasteiger partial charge in [-0.05, 0) is 31.4 Å². The molecule has 0 fully saturated rings. The van der Waals surface area contributed by atoms with Crippen molar-refractivity contribution < 1.29 is 13.0 Å². The van der Waals surface area contributed by atoms with E-state index in [1.807, 2.05) is 36.4 Å². The van der Waals surface area contributed by atoms with Crippen LogP contribution in [0.5, 0.6) is 0 Å². The summed E-state index contributed by atoms with van der Waals surface area (Å²) in [6, 6.07) is 11.8. The molecule has 0 unspecified atom stereocenters. The lowest BCUT2D eigenvalue weighted by molar-refractivity contribution is 0.480. The van der Waals surface area contributed by atoms with Crippen LogP contribution >= 0.6 is 0 Å². The van der Waals surface area contributed by atoms with Crippen LogP contribution in [-0.4, -0.2) is 23.7 Å². The number of para-hydroxylation sites is 1. The lowest BCUT2D eigenvalue weighted by Gasteiger charge is -2.02. The summed E-state index contributed by atoms with van der Waals surface area (Å²) >= 11 is 0. The van der Waals surface area contributed by atoms with Crippen LogP contribution in [0, 0.1) is 0 Å². The summed E-state index contributed by atoms with van der Waals surface area (Å²) in [7, 11) is -3.83. The van der Waals surface area contributed by atoms with E-state index in [1.165, 1.54) is 0 Å². The summed E-state index contributed by atoms with van der Waals surface area (Å²) < 4.78 is 29.7. The van der Waals surface area contributed by atoms with Gasteiger partial charge in [-0.2, -0.15) is 8.42 Å². The number of aryl methyl sites for hydroxylation is 1. The fourth-order valence-electron chi connectivity index (χ4n) is 1.84. The van der Waals surface area contributed by atoms with Gasteiger partial charge in [0.15, 0.2) is 0 Å². The molecule has 2 aromatic rings. The van der Waals surface area contributed by atoms with Gasteiger partial charge in [-0.3, -0.25) is 9.54 Å². The average Bonchev–Trinajstić information content (AvgIpc) is 2.33. The van der Waals surface area contributed by atoms with Crippen molar-refractivity contribution in [3.05, 3.63) is 42.1 Å². The van der Waals surface area contributed by atoms with Crippen molar-refractivity contribution in [2.75, 3.05) is 5.75 Å². The van der Waals surface area contributed by atoms with Crippen LogP contribution in [0.25, 0.3) is 10.9 Å². The minimum absolute atomic E-state index is 0.180. The monoisotopic (exact) mass is 265 g/mol. The lowest BCUT2D eigenvalue weighted by Crippen LogP contribution is -2.04. The topological polar surface area (TPSA) is 67.3 Å². The zero-order chi connectivity index (χ0) is 13.0. The summed E-state index contributed by atoms with van der Waals surface area (Å²) in [5.41, 5.74) is 1.90. The second-order valence-corrected chi connectivity index (χ2v) is 5.81. The molecule has 96 valence electrons. The van der Waals surface area contributed by atoms with E-state index in [9.17, 15) is 8.42 Å². The maximum absolute atomic E-state index is 10.6. The van der Waals surface area contributed by atoms with Crippen molar-refractivity contribution >= 4 is 21.0 Å². The molecule has 0 aliphatic rings. The Morgan fingerprint density at radius 1 is 1.06 bits per heavy atom. The zero-order valence-electron chi connectivity index (χ0n) is 9.91. The van der Waals surface area contributed by atoms with Gasteiger partial charge in [0.05, 0.1) is 11.3 Å². The van der Waals surface area contributed by atoms with Crippen molar-refractivity contribution in [3.63, 3.8) is 0 Å². The van der Waals surface area contributed by atoms with Gasteiger partial charge in [0.2, 0.25) is 0 Å². The van der Waals surface area contributed by atoms with Gasteiger partial charge in [-0.25, -0.2) is 0 Å². The van der Waals surface area contributed by atoms with Crippen molar-refractivity contribution in [2.45, 2.75) is 19.3 Å². The van der Waals surface area contributed by atoms with E-state index in [2.05, 4.69) is 4.98 Å². The van der Waals surface area contributed by atoms with Crippen LogP contribution in [0.15, 0.2) is 36.4 Å². The molecule has 1 aromatic heterocycles. The first kappa shape index (κ1) is 13.0. The number of hydrogen-bond donors (Lipinski definition) is 1. The quantitative estimate of drug-likeness (QED) is 0.666. The first-order chi connectivity index (χ1) is 8.54. The molecule has 0 aliphatic heterocycles. The summed E-state index contributed by atoms with van der Waals surface area (Å²) in [5.74, 6) is -0.180. The van der Waals surface area contributed by atoms with Crippen LogP contribution in [-0.2, 0) is 16.5 Å². The van der Waals surface area contributed by atoms with Crippen LogP contribution in [0.1, 0.15) is 18.5 Å². The molecule has 5 heteroatoms. The standard InChI is InChI=1S/C13H15NO3S/c15-18(16,17)10-4-3-6-12-9-8-11-5-1-2-7-13(11)14-12/h1-2,5,7-9H,3-4,6,10H2,(H,15,16,17). The van der Waals surface area contributed by atoms with Crippen molar-refractivity contribution in [3.8, 4) is 0 Å². The number of aromatic nitrogens is 1. The Morgan fingerprint density at radius 2 is 1.83 bits per heavy atom. The minimum atomic E-state index is -3.83. The van der Waals surface area contributed by atoms with Crippen molar-refractivity contribution in [1.29, 1.82) is 0 Å². The highest BCUT2D eigenvalue weighted by Crippen LogP contribution is 2.13. The van der Waals surface area contributed by atoms with Crippen molar-refractivity contribution in [1.82, 2.24) is 4.98 Å². The predicted octanol–water partition coefficient (Wildman–Crippen LogP) is 2.45. The second kappa shape index (κ2) is 5.46. The number of rotatable bonds is 5. The molecule has 0 atom stereocenters. The average molecular weight is 265 g/mol. The molecule has 0 radical (unpaired) electrons. The van der Waals surface area contributed by atoms with Gasteiger partial charge in [0.1, 0.15) is 0 Å². The Morgan fingerprint density at radius 3 is 2.61 bits per heavy atom. The fourth-order valence-corrected chi connectivity index (χ4v) is 2.41. The lowest BCUT2D eigenvalue weighted by atomic mass is 10.1. The molecule has 4 nitrogen and oxygen atoms in total. The fraction of sp³-hybridized carbons (Fsp3) is 0.308. The molecule has 0 saturated carbocycles. The van der Waals surface area contributed by atoms with Gasteiger partial charge in [0.25, 0.3) is 10.1 Å². The number of nitrogens with zero attached hydrogens (tertiary/aromatic N) is 1. The first-order valence-corrected chi connectivity index (χ1v) is 7.45. The van der Waals surface area contributed by atoms with Crippen LogP contribution < -0.4 is 0 Å². The molecule has 1 heterocycles. The Balaban J connectivity index is 1.96. The van der Waals surface area contributed by atoms with Gasteiger partial charge >= 0.3 is 0 Å². The Bertz CT molecular complexity index is 637. The Labute approximate surface area is 106 Å². The zero-order valence-corrected chi connectivity index (χ0v) is 10.7. The van der Waals surface area contributed by atoms with Crippen LogP contribution in [0.4, 0.5) is 0 Å². The van der Waals surface area contributed by atoms with Gasteiger partial charge in [-0.1, -0.05) is 24.3 Å². The summed E-state index contributed by atoms with van der Waals surface area (Å²) in [6.07, 6.45) is 1.87. The molecular formula is C13H15NO3S. The largest absolute Gasteiger partial charge is 0.286 e. The van der Waals surface area contributed by atoms with Gasteiger partial charge in [0, 0.05) is 11.1 Å². The third kappa shape index (κ3) is 3.78. The molecule has 2 rings (SSSR count). The third-order valence-electron chi connectivity index (χ3n) is 2.74. The third-order valence-corrected chi connectivity index (χ3v) is 3.55. The highest BCUT2D eigenvalue weighted by molar-refractivity contribution is 7.85. The van der Waals surface area contributed by atoms with Crippen LogP contribution in [0.2, 0.25) is 0 Å². The molecule has 1 N–H and O–H groups in total. The molecule has 18 heavy (non-hydrogen) atoms. The SMILES string of the molecule is O=S(=O)(O)CCCCc1ccc2ccccc2n1. The van der Waals surface area contributed by atoms with Gasteiger partial charge in [-0.15, -0.1) is 0 Å². The molecule has 0 bridgehead atoms. The van der Waals surface area contributed by atoms with Crippen LogP contribution in [0.3, 0.4) is 0 Å². The number of pyridine rings is 1. The molecule has 0 aliphatic carbocycles. The molecule has 0 saturated heterocycles. The number of hydrogen-bond acceptors (Lipinski definition) is 3. The minimum Gasteiger partial charge on any atom is -0.286 e. The summed E-state index contributed by atoms with van der Waals surface area (Å²) in [4.78, 5) is 4.50. The molecule has 0 amide bonds. The van der Waals surface area contributed by atoms with E-state index in [0.29, 0.717) is 12.8 Å². The smallest absolute Gasteiger partial charge is 0.264 e. The van der Waals surface area contributed by atoms with E-state index in [4.69, 9.17) is 4.55 Å². The molecular weight excluding hydrogens is 250 g/mol. The Kier molecular flexibility index (Phi) is 3.93. The maximum atomic E-state index is 10.6. The number of unbranched alkanes of at least 4 members (excludes halogenated alkanes) is 1. The summed E-state index contributed by atoms with van der Waals surface area (Å²) in [5, 5.41) is 1.10. The highest BCUT2D eigenvalue weighted by Gasteiger charge is 2.04. The number of benzene rings is 1. The maximum Gasteiger partial charge on any atom is 0.264 e. The number of fused-ring (bicyclic) bond motifs is 1. The second-order valence-electron chi connectivity index (χ2n) is 4.24. The van der Waals surface area contributed by atoms with E-state index in [-0.39, 0.29) is 5.75 Å². The van der Waals surface area contributed by atoms with E-state index in [0.717, 1.165) is 23.0 Å². The normalized spacial score (nSPS) is 11.8. The Hall–Kier alpha value is -1.46. The van der Waals surface area contributed by atoms with E-state index >= 15 is 0 Å².